The van der Waals surface area contributed by atoms with E-state index in [4.69, 9.17) is 5.11 Å². The molecule has 0 aromatic heterocycles. The fourth-order valence-electron chi connectivity index (χ4n) is 1.49. The van der Waals surface area contributed by atoms with Crippen LogP contribution in [0.1, 0.15) is 24.5 Å². The third-order valence-electron chi connectivity index (χ3n) is 2.21. The fourth-order valence-corrected chi connectivity index (χ4v) is 1.49. The van der Waals surface area contributed by atoms with Crippen LogP contribution in [-0.2, 0) is 0 Å². The van der Waals surface area contributed by atoms with E-state index in [0.29, 0.717) is 0 Å². The average Bonchev–Trinajstić information content (AvgIpc) is 2.16. The van der Waals surface area contributed by atoms with Gasteiger partial charge in [-0.05, 0) is 30.0 Å². The molecule has 0 saturated carbocycles. The highest BCUT2D eigenvalue weighted by molar-refractivity contribution is 5.67. The zero-order valence-corrected chi connectivity index (χ0v) is 8.25. The van der Waals surface area contributed by atoms with E-state index in [0.717, 1.165) is 6.42 Å². The van der Waals surface area contributed by atoms with Gasteiger partial charge in [0, 0.05) is 0 Å². The third kappa shape index (κ3) is 2.43. The topological polar surface area (TPSA) is 20.2 Å². The van der Waals surface area contributed by atoms with Gasteiger partial charge in [0.2, 0.25) is 0 Å². The van der Waals surface area contributed by atoms with Crippen molar-refractivity contribution in [2.45, 2.75) is 20.3 Å². The molecule has 0 aliphatic rings. The van der Waals surface area contributed by atoms with Crippen molar-refractivity contribution in [2.75, 3.05) is 6.61 Å². The monoisotopic (exact) mass is 176 g/mol. The molecule has 1 aromatic rings. The van der Waals surface area contributed by atoms with E-state index >= 15 is 0 Å². The summed E-state index contributed by atoms with van der Waals surface area (Å²) in [5.74, 6) is 0. The maximum atomic E-state index is 8.84. The first-order valence-electron chi connectivity index (χ1n) is 4.65. The van der Waals surface area contributed by atoms with E-state index < -0.39 is 0 Å². The summed E-state index contributed by atoms with van der Waals surface area (Å²) in [5.41, 5.74) is 3.74. The molecule has 1 heteroatoms. The van der Waals surface area contributed by atoms with E-state index in [1.165, 1.54) is 16.7 Å². The van der Waals surface area contributed by atoms with Gasteiger partial charge in [-0.25, -0.2) is 0 Å². The summed E-state index contributed by atoms with van der Waals surface area (Å²) in [4.78, 5) is 0. The normalized spacial score (nSPS) is 11.8. The summed E-state index contributed by atoms with van der Waals surface area (Å²) < 4.78 is 0. The van der Waals surface area contributed by atoms with E-state index in [-0.39, 0.29) is 6.61 Å². The van der Waals surface area contributed by atoms with Crippen molar-refractivity contribution in [1.82, 2.24) is 0 Å². The van der Waals surface area contributed by atoms with Crippen LogP contribution in [0.4, 0.5) is 0 Å². The fraction of sp³-hybridized carbons (Fsp3) is 0.333. The second-order valence-electron chi connectivity index (χ2n) is 3.08. The molecule has 0 aliphatic carbocycles. The van der Waals surface area contributed by atoms with Gasteiger partial charge in [-0.3, -0.25) is 0 Å². The predicted octanol–water partition coefficient (Wildman–Crippen LogP) is 2.78. The largest absolute Gasteiger partial charge is 0.392 e. The maximum Gasteiger partial charge on any atom is 0.0618 e. The highest BCUT2D eigenvalue weighted by Crippen LogP contribution is 2.20. The summed E-state index contributed by atoms with van der Waals surface area (Å²) in [7, 11) is 0. The molecule has 13 heavy (non-hydrogen) atoms. The summed E-state index contributed by atoms with van der Waals surface area (Å²) in [5, 5.41) is 8.84. The molecule has 0 bridgehead atoms. The van der Waals surface area contributed by atoms with Crippen molar-refractivity contribution in [2.24, 2.45) is 0 Å². The first-order valence-corrected chi connectivity index (χ1v) is 4.65. The standard InChI is InChI=1S/C12H16O/c1-3-11(8-9-13)12-7-5-4-6-10(12)2/h4-8,13H,3,9H2,1-2H3/b11-8-. The van der Waals surface area contributed by atoms with Crippen molar-refractivity contribution < 1.29 is 5.11 Å². The zero-order chi connectivity index (χ0) is 9.68. The molecule has 1 aromatic carbocycles. The van der Waals surface area contributed by atoms with E-state index in [1.807, 2.05) is 18.2 Å². The van der Waals surface area contributed by atoms with E-state index in [2.05, 4.69) is 26.0 Å². The molecule has 1 nitrogen and oxygen atoms in total. The molecule has 0 fully saturated rings. The van der Waals surface area contributed by atoms with Crippen molar-refractivity contribution in [3.8, 4) is 0 Å². The van der Waals surface area contributed by atoms with Gasteiger partial charge in [0.1, 0.15) is 0 Å². The maximum absolute atomic E-state index is 8.84. The number of rotatable bonds is 3. The lowest BCUT2D eigenvalue weighted by Crippen LogP contribution is -1.89. The predicted molar refractivity (Wildman–Crippen MR) is 56.5 cm³/mol. The van der Waals surface area contributed by atoms with Gasteiger partial charge in [0.15, 0.2) is 0 Å². The minimum absolute atomic E-state index is 0.123. The number of hydrogen-bond acceptors (Lipinski definition) is 1. The Morgan fingerprint density at radius 1 is 1.38 bits per heavy atom. The molecular formula is C12H16O. The number of aryl methyl sites for hydroxylation is 1. The van der Waals surface area contributed by atoms with Crippen LogP contribution < -0.4 is 0 Å². The first-order chi connectivity index (χ1) is 6.29. The zero-order valence-electron chi connectivity index (χ0n) is 8.25. The lowest BCUT2D eigenvalue weighted by atomic mass is 9.99. The lowest BCUT2D eigenvalue weighted by Gasteiger charge is -2.07. The lowest BCUT2D eigenvalue weighted by molar-refractivity contribution is 0.343. The minimum Gasteiger partial charge on any atom is -0.392 e. The van der Waals surface area contributed by atoms with Crippen molar-refractivity contribution in [1.29, 1.82) is 0 Å². The Morgan fingerprint density at radius 3 is 2.62 bits per heavy atom. The van der Waals surface area contributed by atoms with Gasteiger partial charge < -0.3 is 5.11 Å². The number of aliphatic hydroxyl groups is 1. The van der Waals surface area contributed by atoms with Crippen molar-refractivity contribution in [3.05, 3.63) is 41.5 Å². The molecule has 0 amide bonds. The summed E-state index contributed by atoms with van der Waals surface area (Å²) in [6.07, 6.45) is 2.84. The molecule has 70 valence electrons. The van der Waals surface area contributed by atoms with Gasteiger partial charge in [-0.1, -0.05) is 37.3 Å². The average molecular weight is 176 g/mol. The quantitative estimate of drug-likeness (QED) is 0.750. The smallest absolute Gasteiger partial charge is 0.0618 e. The summed E-state index contributed by atoms with van der Waals surface area (Å²) >= 11 is 0. The molecule has 0 atom stereocenters. The Morgan fingerprint density at radius 2 is 2.08 bits per heavy atom. The van der Waals surface area contributed by atoms with Crippen molar-refractivity contribution >= 4 is 5.57 Å². The summed E-state index contributed by atoms with van der Waals surface area (Å²) in [6, 6.07) is 8.25. The molecule has 0 spiro atoms. The Kier molecular flexibility index (Phi) is 3.71. The molecule has 0 aliphatic heterocycles. The number of hydrogen-bond donors (Lipinski definition) is 1. The van der Waals surface area contributed by atoms with Crippen molar-refractivity contribution in [3.63, 3.8) is 0 Å². The number of benzene rings is 1. The molecule has 0 unspecified atom stereocenters. The molecular weight excluding hydrogens is 160 g/mol. The van der Waals surface area contributed by atoms with Crippen LogP contribution in [0.5, 0.6) is 0 Å². The van der Waals surface area contributed by atoms with Gasteiger partial charge >= 0.3 is 0 Å². The number of allylic oxidation sites excluding steroid dienone is 1. The molecule has 1 N–H and O–H groups in total. The molecule has 0 heterocycles. The van der Waals surface area contributed by atoms with Gasteiger partial charge in [-0.15, -0.1) is 0 Å². The SMILES string of the molecule is CC/C(=C/CO)c1ccccc1C. The molecule has 0 radical (unpaired) electrons. The van der Waals surface area contributed by atoms with Crippen LogP contribution in [0.15, 0.2) is 30.3 Å². The van der Waals surface area contributed by atoms with E-state index in [1.54, 1.807) is 0 Å². The van der Waals surface area contributed by atoms with Crippen LogP contribution >= 0.6 is 0 Å². The van der Waals surface area contributed by atoms with Crippen LogP contribution in [0.2, 0.25) is 0 Å². The highest BCUT2D eigenvalue weighted by atomic mass is 16.2. The van der Waals surface area contributed by atoms with Crippen LogP contribution in [0.25, 0.3) is 5.57 Å². The highest BCUT2D eigenvalue weighted by Gasteiger charge is 2.00. The van der Waals surface area contributed by atoms with Crippen LogP contribution in [-0.4, -0.2) is 11.7 Å². The first kappa shape index (κ1) is 10.0. The minimum atomic E-state index is 0.123. The number of aliphatic hydroxyl groups excluding tert-OH is 1. The van der Waals surface area contributed by atoms with Crippen LogP contribution in [0.3, 0.4) is 0 Å². The Hall–Kier alpha value is -1.08. The second kappa shape index (κ2) is 4.83. The van der Waals surface area contributed by atoms with Crippen LogP contribution in [0, 0.1) is 6.92 Å². The third-order valence-corrected chi connectivity index (χ3v) is 2.21. The van der Waals surface area contributed by atoms with Gasteiger partial charge in [0.05, 0.1) is 6.61 Å². The Labute approximate surface area is 79.7 Å². The Balaban J connectivity index is 3.05. The second-order valence-corrected chi connectivity index (χ2v) is 3.08. The Bertz CT molecular complexity index is 300. The summed E-state index contributed by atoms with van der Waals surface area (Å²) in [6.45, 7) is 4.32. The van der Waals surface area contributed by atoms with Gasteiger partial charge in [0.25, 0.3) is 0 Å². The molecule has 1 rings (SSSR count). The molecule has 0 saturated heterocycles. The van der Waals surface area contributed by atoms with Gasteiger partial charge in [-0.2, -0.15) is 0 Å². The van der Waals surface area contributed by atoms with E-state index in [9.17, 15) is 0 Å².